The first-order chi connectivity index (χ1) is 14.1. The van der Waals surface area contributed by atoms with Crippen molar-refractivity contribution in [1.29, 1.82) is 5.26 Å². The molecule has 3 aromatic rings. The molecule has 5 nitrogen and oxygen atoms in total. The van der Waals surface area contributed by atoms with Gasteiger partial charge in [-0.3, -0.25) is 0 Å². The Morgan fingerprint density at radius 1 is 1.24 bits per heavy atom. The second-order valence-electron chi connectivity index (χ2n) is 8.71. The number of aromatic amines is 1. The summed E-state index contributed by atoms with van der Waals surface area (Å²) in [7, 11) is 0. The maximum absolute atomic E-state index is 9.60. The van der Waals surface area contributed by atoms with E-state index in [-0.39, 0.29) is 0 Å². The van der Waals surface area contributed by atoms with Gasteiger partial charge in [-0.15, -0.1) is 0 Å². The van der Waals surface area contributed by atoms with Crippen molar-refractivity contribution in [3.8, 4) is 17.2 Å². The van der Waals surface area contributed by atoms with Crippen molar-refractivity contribution in [3.63, 3.8) is 0 Å². The summed E-state index contributed by atoms with van der Waals surface area (Å²) in [6.45, 7) is 6.46. The van der Waals surface area contributed by atoms with Crippen LogP contribution in [0, 0.1) is 11.3 Å². The van der Waals surface area contributed by atoms with E-state index in [0.29, 0.717) is 12.6 Å². The molecule has 1 aromatic carbocycles. The van der Waals surface area contributed by atoms with Gasteiger partial charge in [-0.1, -0.05) is 6.07 Å². The van der Waals surface area contributed by atoms with Gasteiger partial charge in [0.15, 0.2) is 0 Å². The predicted octanol–water partition coefficient (Wildman–Crippen LogP) is 4.53. The summed E-state index contributed by atoms with van der Waals surface area (Å²) >= 11 is 0. The molecule has 0 saturated carbocycles. The molecule has 0 aliphatic carbocycles. The molecule has 0 amide bonds. The molecule has 5 rings (SSSR count). The van der Waals surface area contributed by atoms with Crippen molar-refractivity contribution in [2.24, 2.45) is 0 Å². The molecule has 0 bridgehead atoms. The number of H-pyrrole nitrogens is 1. The summed E-state index contributed by atoms with van der Waals surface area (Å²) in [4.78, 5) is 7.88. The first kappa shape index (κ1) is 18.4. The number of rotatable bonds is 3. The van der Waals surface area contributed by atoms with E-state index in [0.717, 1.165) is 41.7 Å². The van der Waals surface area contributed by atoms with Crippen molar-refractivity contribution in [1.82, 2.24) is 15.3 Å². The number of hydrogen-bond acceptors (Lipinski definition) is 4. The van der Waals surface area contributed by atoms with Gasteiger partial charge < -0.3 is 15.0 Å². The van der Waals surface area contributed by atoms with Gasteiger partial charge in [-0.2, -0.15) is 5.26 Å². The van der Waals surface area contributed by atoms with E-state index in [4.69, 9.17) is 4.74 Å². The van der Waals surface area contributed by atoms with E-state index >= 15 is 0 Å². The molecular weight excluding hydrogens is 360 g/mol. The highest BCUT2D eigenvalue weighted by molar-refractivity contribution is 5.86. The first-order valence-electron chi connectivity index (χ1n) is 10.4. The van der Waals surface area contributed by atoms with E-state index in [1.165, 1.54) is 35.1 Å². The van der Waals surface area contributed by atoms with Crippen LogP contribution in [-0.4, -0.2) is 23.1 Å². The van der Waals surface area contributed by atoms with E-state index in [1.54, 1.807) is 0 Å². The van der Waals surface area contributed by atoms with Gasteiger partial charge in [0, 0.05) is 29.4 Å². The molecule has 5 heteroatoms. The fraction of sp³-hybridized carbons (Fsp3) is 0.417. The van der Waals surface area contributed by atoms with Crippen LogP contribution >= 0.6 is 0 Å². The maximum Gasteiger partial charge on any atom is 0.137 e. The monoisotopic (exact) mass is 386 g/mol. The Balaban J connectivity index is 1.65. The number of nitrogens with zero attached hydrogens (tertiary/aromatic N) is 2. The van der Waals surface area contributed by atoms with Crippen molar-refractivity contribution < 1.29 is 4.74 Å². The van der Waals surface area contributed by atoms with Crippen LogP contribution in [0.15, 0.2) is 30.6 Å². The average Bonchev–Trinajstić information content (AvgIpc) is 3.42. The molecule has 2 aliphatic heterocycles. The lowest BCUT2D eigenvalue weighted by Gasteiger charge is -2.24. The van der Waals surface area contributed by atoms with E-state index in [2.05, 4.69) is 39.6 Å². The quantitative estimate of drug-likeness (QED) is 0.694. The average molecular weight is 386 g/mol. The molecule has 1 atom stereocenters. The minimum Gasteiger partial charge on any atom is -0.376 e. The van der Waals surface area contributed by atoms with Crippen molar-refractivity contribution in [2.75, 3.05) is 13.2 Å². The van der Waals surface area contributed by atoms with Gasteiger partial charge in [0.1, 0.15) is 5.65 Å². The minimum absolute atomic E-state index is 0.405. The van der Waals surface area contributed by atoms with Gasteiger partial charge >= 0.3 is 0 Å². The number of benzene rings is 1. The largest absolute Gasteiger partial charge is 0.376 e. The highest BCUT2D eigenvalue weighted by Gasteiger charge is 2.26. The molecule has 2 aliphatic rings. The summed E-state index contributed by atoms with van der Waals surface area (Å²) in [5.74, 6) is 0. The lowest BCUT2D eigenvalue weighted by molar-refractivity contribution is 0.109. The number of hydrogen-bond donors (Lipinski definition) is 2. The topological polar surface area (TPSA) is 73.7 Å². The second kappa shape index (κ2) is 6.98. The van der Waals surface area contributed by atoms with Crippen molar-refractivity contribution >= 4 is 11.0 Å². The Morgan fingerprint density at radius 3 is 2.93 bits per heavy atom. The smallest absolute Gasteiger partial charge is 0.137 e. The Hall–Kier alpha value is -2.68. The standard InChI is InChI=1S/C24H26N4O/c1-24(2,14-25)21-12-28-23-19(21)10-17(11-27-23)16-8-15-5-7-29-13-20(15)18(9-16)22-4-3-6-26-22/h8-12,22,26H,3-7,13H2,1-2H3,(H,27,28). The third-order valence-electron chi connectivity index (χ3n) is 6.39. The zero-order valence-electron chi connectivity index (χ0n) is 17.0. The predicted molar refractivity (Wildman–Crippen MR) is 114 cm³/mol. The van der Waals surface area contributed by atoms with Gasteiger partial charge in [-0.25, -0.2) is 4.98 Å². The van der Waals surface area contributed by atoms with Crippen LogP contribution in [0.1, 0.15) is 55.0 Å². The van der Waals surface area contributed by atoms with Crippen LogP contribution in [-0.2, 0) is 23.2 Å². The Morgan fingerprint density at radius 2 is 2.14 bits per heavy atom. The summed E-state index contributed by atoms with van der Waals surface area (Å²) in [6, 6.07) is 9.63. The van der Waals surface area contributed by atoms with Crippen LogP contribution in [0.4, 0.5) is 0 Å². The highest BCUT2D eigenvalue weighted by atomic mass is 16.5. The van der Waals surface area contributed by atoms with Gasteiger partial charge in [-0.05, 0) is 79.6 Å². The summed E-state index contributed by atoms with van der Waals surface area (Å²) in [5.41, 5.74) is 7.69. The molecule has 0 radical (unpaired) electrons. The minimum atomic E-state index is -0.565. The Labute approximate surface area is 171 Å². The Kier molecular flexibility index (Phi) is 4.42. The molecule has 2 N–H and O–H groups in total. The zero-order chi connectivity index (χ0) is 20.0. The highest BCUT2D eigenvalue weighted by Crippen LogP contribution is 2.36. The molecule has 1 saturated heterocycles. The van der Waals surface area contributed by atoms with Gasteiger partial charge in [0.2, 0.25) is 0 Å². The second-order valence-corrected chi connectivity index (χ2v) is 8.71. The van der Waals surface area contributed by atoms with Crippen LogP contribution in [0.2, 0.25) is 0 Å². The number of nitriles is 1. The van der Waals surface area contributed by atoms with Crippen LogP contribution in [0.25, 0.3) is 22.2 Å². The van der Waals surface area contributed by atoms with E-state index in [1.807, 2.05) is 26.2 Å². The van der Waals surface area contributed by atoms with Crippen molar-refractivity contribution in [3.05, 3.63) is 52.8 Å². The van der Waals surface area contributed by atoms with Crippen LogP contribution in [0.5, 0.6) is 0 Å². The summed E-state index contributed by atoms with van der Waals surface area (Å²) in [5, 5.41) is 14.3. The maximum atomic E-state index is 9.60. The molecular formula is C24H26N4O. The lowest BCUT2D eigenvalue weighted by Crippen LogP contribution is -2.19. The molecule has 0 spiro atoms. The van der Waals surface area contributed by atoms with Gasteiger partial charge in [0.25, 0.3) is 0 Å². The SMILES string of the molecule is CC(C)(C#N)c1c[nH]c2ncc(-c3cc4c(c(C5CCCN5)c3)COCC4)cc12. The Bertz CT molecular complexity index is 1120. The zero-order valence-corrected chi connectivity index (χ0v) is 17.0. The number of fused-ring (bicyclic) bond motifs is 2. The van der Waals surface area contributed by atoms with E-state index in [9.17, 15) is 5.26 Å². The molecule has 148 valence electrons. The number of ether oxygens (including phenoxy) is 1. The normalized spacial score (nSPS) is 19.3. The van der Waals surface area contributed by atoms with Gasteiger partial charge in [0.05, 0.1) is 24.7 Å². The fourth-order valence-corrected chi connectivity index (χ4v) is 4.68. The number of aromatic nitrogens is 2. The third kappa shape index (κ3) is 3.13. The summed E-state index contributed by atoms with van der Waals surface area (Å²) in [6.07, 6.45) is 7.20. The third-order valence-corrected chi connectivity index (χ3v) is 6.39. The lowest BCUT2D eigenvalue weighted by atomic mass is 9.85. The molecule has 4 heterocycles. The summed E-state index contributed by atoms with van der Waals surface area (Å²) < 4.78 is 5.78. The molecule has 1 fully saturated rings. The molecule has 29 heavy (non-hydrogen) atoms. The van der Waals surface area contributed by atoms with Crippen LogP contribution < -0.4 is 5.32 Å². The number of nitrogens with one attached hydrogen (secondary N) is 2. The fourth-order valence-electron chi connectivity index (χ4n) is 4.68. The number of pyridine rings is 1. The van der Waals surface area contributed by atoms with E-state index < -0.39 is 5.41 Å². The molecule has 2 aromatic heterocycles. The van der Waals surface area contributed by atoms with Crippen LogP contribution in [0.3, 0.4) is 0 Å². The first-order valence-corrected chi connectivity index (χ1v) is 10.4. The van der Waals surface area contributed by atoms with Crippen molar-refractivity contribution in [2.45, 2.75) is 51.2 Å². The molecule has 1 unspecified atom stereocenters.